The van der Waals surface area contributed by atoms with Crippen molar-refractivity contribution in [3.63, 3.8) is 0 Å². The van der Waals surface area contributed by atoms with E-state index in [-0.39, 0.29) is 17.5 Å². The molecule has 2 atom stereocenters. The molecule has 1 aromatic rings. The molecule has 1 aliphatic rings. The van der Waals surface area contributed by atoms with E-state index in [1.807, 2.05) is 0 Å². The van der Waals surface area contributed by atoms with Gasteiger partial charge in [-0.15, -0.1) is 0 Å². The molecule has 1 amide bonds. The first-order chi connectivity index (χ1) is 10.1. The number of aliphatic hydroxyl groups is 1. The largest absolute Gasteiger partial charge is 0.394 e. The predicted molar refractivity (Wildman–Crippen MR) is 77.5 cm³/mol. The number of rotatable bonds is 6. The molecule has 2 N–H and O–H groups in total. The lowest BCUT2D eigenvalue weighted by Gasteiger charge is -2.17. The molecule has 0 unspecified atom stereocenters. The van der Waals surface area contributed by atoms with Gasteiger partial charge in [-0.1, -0.05) is 17.7 Å². The van der Waals surface area contributed by atoms with Crippen molar-refractivity contribution in [2.45, 2.75) is 25.3 Å². The number of nitrogens with one attached hydrogen (secondary N) is 1. The highest BCUT2D eigenvalue weighted by Gasteiger charge is 2.19. The molecule has 2 rings (SSSR count). The summed E-state index contributed by atoms with van der Waals surface area (Å²) in [6, 6.07) is 3.62. The van der Waals surface area contributed by atoms with Crippen LogP contribution < -0.4 is 5.32 Å². The Labute approximate surface area is 128 Å². The third-order valence-corrected chi connectivity index (χ3v) is 3.97. The molecule has 21 heavy (non-hydrogen) atoms. The molecule has 4 nitrogen and oxygen atoms in total. The van der Waals surface area contributed by atoms with Gasteiger partial charge in [0, 0.05) is 19.6 Å². The van der Waals surface area contributed by atoms with Crippen LogP contribution in [0, 0.1) is 11.7 Å². The topological polar surface area (TPSA) is 58.6 Å². The predicted octanol–water partition coefficient (Wildman–Crippen LogP) is 2.45. The average Bonchev–Trinajstić information content (AvgIpc) is 2.99. The van der Waals surface area contributed by atoms with Gasteiger partial charge in [0.2, 0.25) is 5.91 Å². The minimum Gasteiger partial charge on any atom is -0.394 e. The highest BCUT2D eigenvalue weighted by molar-refractivity contribution is 6.30. The molecular formula is C15H19ClFNO3. The molecular weight excluding hydrogens is 297 g/mol. The third kappa shape index (κ3) is 4.66. The normalized spacial score (nSPS) is 19.5. The first kappa shape index (κ1) is 16.2. The second kappa shape index (κ2) is 7.73. The van der Waals surface area contributed by atoms with E-state index in [2.05, 4.69) is 5.32 Å². The molecule has 1 aromatic carbocycles. The molecule has 0 saturated carbocycles. The smallest absolute Gasteiger partial charge is 0.220 e. The molecule has 1 heterocycles. The average molecular weight is 316 g/mol. The lowest BCUT2D eigenvalue weighted by Crippen LogP contribution is -2.31. The number of amides is 1. The quantitative estimate of drug-likeness (QED) is 0.847. The number of carbonyl (C=O) groups excluding carboxylic acids is 1. The summed E-state index contributed by atoms with van der Waals surface area (Å²) >= 11 is 5.62. The van der Waals surface area contributed by atoms with Gasteiger partial charge in [-0.05, 0) is 36.5 Å². The fourth-order valence-corrected chi connectivity index (χ4v) is 2.49. The highest BCUT2D eigenvalue weighted by atomic mass is 35.5. The summed E-state index contributed by atoms with van der Waals surface area (Å²) in [5.41, 5.74) is 0.497. The van der Waals surface area contributed by atoms with Gasteiger partial charge in [0.1, 0.15) is 5.82 Å². The summed E-state index contributed by atoms with van der Waals surface area (Å²) in [7, 11) is 0. The van der Waals surface area contributed by atoms with E-state index in [1.54, 1.807) is 6.07 Å². The number of aliphatic hydroxyl groups excluding tert-OH is 1. The van der Waals surface area contributed by atoms with Crippen LogP contribution in [0.15, 0.2) is 18.2 Å². The number of benzene rings is 1. The van der Waals surface area contributed by atoms with Gasteiger partial charge in [0.25, 0.3) is 0 Å². The number of carbonyl (C=O) groups is 1. The Hall–Kier alpha value is -1.17. The fourth-order valence-electron chi connectivity index (χ4n) is 2.38. The van der Waals surface area contributed by atoms with Crippen LogP contribution in [0.4, 0.5) is 4.39 Å². The van der Waals surface area contributed by atoms with Gasteiger partial charge in [0.15, 0.2) is 0 Å². The van der Waals surface area contributed by atoms with E-state index in [9.17, 15) is 14.3 Å². The summed E-state index contributed by atoms with van der Waals surface area (Å²) in [6.45, 7) is 1.17. The first-order valence-corrected chi connectivity index (χ1v) is 7.41. The van der Waals surface area contributed by atoms with Crippen LogP contribution >= 0.6 is 11.6 Å². The summed E-state index contributed by atoms with van der Waals surface area (Å²) < 4.78 is 18.7. The van der Waals surface area contributed by atoms with Gasteiger partial charge in [0.05, 0.1) is 17.7 Å². The minimum absolute atomic E-state index is 0.0167. The van der Waals surface area contributed by atoms with Crippen molar-refractivity contribution in [3.05, 3.63) is 34.6 Å². The van der Waals surface area contributed by atoms with E-state index >= 15 is 0 Å². The van der Waals surface area contributed by atoms with Gasteiger partial charge in [-0.2, -0.15) is 0 Å². The maximum absolute atomic E-state index is 13.4. The second-order valence-electron chi connectivity index (χ2n) is 5.24. The Morgan fingerprint density at radius 3 is 3.00 bits per heavy atom. The molecule has 6 heteroatoms. The van der Waals surface area contributed by atoms with Crippen molar-refractivity contribution in [2.24, 2.45) is 5.92 Å². The Morgan fingerprint density at radius 1 is 1.57 bits per heavy atom. The van der Waals surface area contributed by atoms with Crippen molar-refractivity contribution < 1.29 is 19.0 Å². The Morgan fingerprint density at radius 2 is 2.38 bits per heavy atom. The van der Waals surface area contributed by atoms with E-state index < -0.39 is 11.9 Å². The van der Waals surface area contributed by atoms with Crippen LogP contribution in [0.5, 0.6) is 0 Å². The SMILES string of the molecule is O=C(CC[C@@H]1CCOC1)N[C@H](CO)c1ccc(Cl)c(F)c1. The summed E-state index contributed by atoms with van der Waals surface area (Å²) in [6.07, 6.45) is 2.12. The lowest BCUT2D eigenvalue weighted by atomic mass is 10.0. The maximum atomic E-state index is 13.4. The van der Waals surface area contributed by atoms with E-state index in [1.165, 1.54) is 12.1 Å². The van der Waals surface area contributed by atoms with Crippen LogP contribution in [0.25, 0.3) is 0 Å². The van der Waals surface area contributed by atoms with Crippen molar-refractivity contribution in [2.75, 3.05) is 19.8 Å². The number of hydrogen-bond acceptors (Lipinski definition) is 3. The minimum atomic E-state index is -0.621. The Kier molecular flexibility index (Phi) is 5.96. The maximum Gasteiger partial charge on any atom is 0.220 e. The number of halogens is 2. The van der Waals surface area contributed by atoms with Crippen LogP contribution in [0.2, 0.25) is 5.02 Å². The van der Waals surface area contributed by atoms with E-state index in [0.29, 0.717) is 24.5 Å². The second-order valence-corrected chi connectivity index (χ2v) is 5.65. The third-order valence-electron chi connectivity index (χ3n) is 3.67. The van der Waals surface area contributed by atoms with Gasteiger partial charge in [-0.3, -0.25) is 4.79 Å². The molecule has 0 aliphatic carbocycles. The van der Waals surface area contributed by atoms with Crippen LogP contribution in [-0.4, -0.2) is 30.8 Å². The van der Waals surface area contributed by atoms with Crippen LogP contribution in [0.3, 0.4) is 0 Å². The molecule has 1 fully saturated rings. The standard InChI is InChI=1S/C15H19ClFNO3/c16-12-3-2-11(7-13(12)17)14(8-19)18-15(20)4-1-10-5-6-21-9-10/h2-3,7,10,14,19H,1,4-6,8-9H2,(H,18,20)/t10-,14-/m1/s1. The highest BCUT2D eigenvalue weighted by Crippen LogP contribution is 2.21. The number of ether oxygens (including phenoxy) is 1. The molecule has 1 saturated heterocycles. The molecule has 1 aliphatic heterocycles. The first-order valence-electron chi connectivity index (χ1n) is 7.03. The van der Waals surface area contributed by atoms with Gasteiger partial charge >= 0.3 is 0 Å². The summed E-state index contributed by atoms with van der Waals surface area (Å²) in [4.78, 5) is 11.9. The van der Waals surface area contributed by atoms with Crippen LogP contribution in [0.1, 0.15) is 30.9 Å². The molecule has 0 radical (unpaired) electrons. The zero-order valence-corrected chi connectivity index (χ0v) is 12.4. The zero-order chi connectivity index (χ0) is 15.2. The van der Waals surface area contributed by atoms with Crippen molar-refractivity contribution in [3.8, 4) is 0 Å². The van der Waals surface area contributed by atoms with E-state index in [4.69, 9.17) is 16.3 Å². The lowest BCUT2D eigenvalue weighted by molar-refractivity contribution is -0.122. The summed E-state index contributed by atoms with van der Waals surface area (Å²) in [5.74, 6) is -0.294. The van der Waals surface area contributed by atoms with E-state index in [0.717, 1.165) is 19.4 Å². The zero-order valence-electron chi connectivity index (χ0n) is 11.6. The van der Waals surface area contributed by atoms with Gasteiger partial charge < -0.3 is 15.2 Å². The van der Waals surface area contributed by atoms with Crippen molar-refractivity contribution in [1.29, 1.82) is 0 Å². The van der Waals surface area contributed by atoms with Crippen molar-refractivity contribution >= 4 is 17.5 Å². The molecule has 0 bridgehead atoms. The van der Waals surface area contributed by atoms with Gasteiger partial charge in [-0.25, -0.2) is 4.39 Å². The molecule has 116 valence electrons. The molecule has 0 spiro atoms. The van der Waals surface area contributed by atoms with Crippen LogP contribution in [-0.2, 0) is 9.53 Å². The Balaban J connectivity index is 1.88. The fraction of sp³-hybridized carbons (Fsp3) is 0.533. The summed E-state index contributed by atoms with van der Waals surface area (Å²) in [5, 5.41) is 12.1. The van der Waals surface area contributed by atoms with Crippen molar-refractivity contribution in [1.82, 2.24) is 5.32 Å². The monoisotopic (exact) mass is 315 g/mol. The molecule has 0 aromatic heterocycles. The Bertz CT molecular complexity index is 492. The number of hydrogen-bond donors (Lipinski definition) is 2.